The minimum absolute atomic E-state index is 0.475. The highest BCUT2D eigenvalue weighted by Crippen LogP contribution is 2.29. The van der Waals surface area contributed by atoms with E-state index in [0.717, 1.165) is 22.4 Å². The van der Waals surface area contributed by atoms with Crippen LogP contribution in [0.15, 0.2) is 22.7 Å². The molecular formula is C14H23BrN2. The van der Waals surface area contributed by atoms with Crippen molar-refractivity contribution in [3.63, 3.8) is 0 Å². The van der Waals surface area contributed by atoms with Gasteiger partial charge in [-0.25, -0.2) is 0 Å². The average molecular weight is 299 g/mol. The van der Waals surface area contributed by atoms with Crippen molar-refractivity contribution >= 4 is 27.3 Å². The summed E-state index contributed by atoms with van der Waals surface area (Å²) >= 11 is 3.51. The predicted octanol–water partition coefficient (Wildman–Crippen LogP) is 4.44. The Morgan fingerprint density at radius 1 is 1.29 bits per heavy atom. The Labute approximate surface area is 113 Å². The van der Waals surface area contributed by atoms with Crippen molar-refractivity contribution in [3.05, 3.63) is 22.7 Å². The van der Waals surface area contributed by atoms with Gasteiger partial charge in [0.15, 0.2) is 0 Å². The van der Waals surface area contributed by atoms with E-state index in [1.807, 2.05) is 12.1 Å². The molecule has 17 heavy (non-hydrogen) atoms. The molecule has 1 aromatic rings. The van der Waals surface area contributed by atoms with Crippen LogP contribution in [-0.4, -0.2) is 12.6 Å². The number of hydrogen-bond donors (Lipinski definition) is 1. The Bertz CT molecular complexity index is 350. The van der Waals surface area contributed by atoms with E-state index in [1.54, 1.807) is 0 Å². The van der Waals surface area contributed by atoms with E-state index in [4.69, 9.17) is 5.73 Å². The summed E-state index contributed by atoms with van der Waals surface area (Å²) in [4.78, 5) is 2.38. The van der Waals surface area contributed by atoms with Crippen molar-refractivity contribution in [2.45, 2.75) is 46.1 Å². The minimum atomic E-state index is 0.475. The highest BCUT2D eigenvalue weighted by Gasteiger charge is 2.13. The van der Waals surface area contributed by atoms with Gasteiger partial charge in [-0.2, -0.15) is 0 Å². The summed E-state index contributed by atoms with van der Waals surface area (Å²) < 4.78 is 1.09. The third-order valence-electron chi connectivity index (χ3n) is 2.93. The maximum Gasteiger partial charge on any atom is 0.0613 e. The van der Waals surface area contributed by atoms with Crippen LogP contribution in [0, 0.1) is 0 Å². The fraction of sp³-hybridized carbons (Fsp3) is 0.571. The largest absolute Gasteiger partial charge is 0.397 e. The zero-order chi connectivity index (χ0) is 12.8. The number of hydrogen-bond acceptors (Lipinski definition) is 2. The first kappa shape index (κ1) is 14.4. The van der Waals surface area contributed by atoms with Gasteiger partial charge < -0.3 is 10.6 Å². The molecular weight excluding hydrogens is 276 g/mol. The van der Waals surface area contributed by atoms with E-state index < -0.39 is 0 Å². The van der Waals surface area contributed by atoms with Crippen LogP contribution in [0.4, 0.5) is 11.4 Å². The smallest absolute Gasteiger partial charge is 0.0613 e. The third kappa shape index (κ3) is 4.23. The van der Waals surface area contributed by atoms with Crippen molar-refractivity contribution in [2.75, 3.05) is 17.2 Å². The molecule has 0 fully saturated rings. The molecule has 0 heterocycles. The molecule has 1 rings (SSSR count). The molecule has 0 aliphatic heterocycles. The van der Waals surface area contributed by atoms with Gasteiger partial charge in [0.2, 0.25) is 0 Å². The molecule has 0 radical (unpaired) electrons. The molecule has 1 aromatic carbocycles. The summed E-state index contributed by atoms with van der Waals surface area (Å²) in [5, 5.41) is 0. The number of benzene rings is 1. The van der Waals surface area contributed by atoms with Gasteiger partial charge in [0.25, 0.3) is 0 Å². The molecule has 0 aliphatic carbocycles. The Hall–Kier alpha value is -0.700. The minimum Gasteiger partial charge on any atom is -0.397 e. The van der Waals surface area contributed by atoms with Crippen molar-refractivity contribution in [1.29, 1.82) is 0 Å². The fourth-order valence-electron chi connectivity index (χ4n) is 1.95. The molecule has 0 saturated heterocycles. The first-order valence-corrected chi connectivity index (χ1v) is 7.17. The molecule has 2 nitrogen and oxygen atoms in total. The van der Waals surface area contributed by atoms with E-state index >= 15 is 0 Å². The van der Waals surface area contributed by atoms with Crippen LogP contribution in [0.3, 0.4) is 0 Å². The standard InChI is InChI=1S/C14H23BrN2/c1-4-5-6-9-17(11(2)3)14-10-12(15)7-8-13(14)16/h7-8,10-11H,4-6,9,16H2,1-3H3. The molecule has 0 saturated carbocycles. The second kappa shape index (κ2) is 6.90. The van der Waals surface area contributed by atoms with E-state index in [9.17, 15) is 0 Å². The van der Waals surface area contributed by atoms with Crippen molar-refractivity contribution in [1.82, 2.24) is 0 Å². The van der Waals surface area contributed by atoms with Crippen LogP contribution in [0.5, 0.6) is 0 Å². The lowest BCUT2D eigenvalue weighted by atomic mass is 10.1. The summed E-state index contributed by atoms with van der Waals surface area (Å²) in [6.45, 7) is 7.73. The summed E-state index contributed by atoms with van der Waals surface area (Å²) in [6.07, 6.45) is 3.75. The number of nitrogens with zero attached hydrogens (tertiary/aromatic N) is 1. The van der Waals surface area contributed by atoms with Gasteiger partial charge in [-0.05, 0) is 38.5 Å². The van der Waals surface area contributed by atoms with Crippen LogP contribution < -0.4 is 10.6 Å². The van der Waals surface area contributed by atoms with Gasteiger partial charge in [-0.3, -0.25) is 0 Å². The highest BCUT2D eigenvalue weighted by atomic mass is 79.9. The van der Waals surface area contributed by atoms with Crippen LogP contribution in [0.25, 0.3) is 0 Å². The third-order valence-corrected chi connectivity index (χ3v) is 3.42. The molecule has 0 unspecified atom stereocenters. The van der Waals surface area contributed by atoms with Gasteiger partial charge in [0, 0.05) is 17.1 Å². The first-order valence-electron chi connectivity index (χ1n) is 6.38. The predicted molar refractivity (Wildman–Crippen MR) is 80.6 cm³/mol. The van der Waals surface area contributed by atoms with E-state index in [2.05, 4.69) is 47.7 Å². The molecule has 0 bridgehead atoms. The quantitative estimate of drug-likeness (QED) is 0.621. The topological polar surface area (TPSA) is 29.3 Å². The molecule has 2 N–H and O–H groups in total. The van der Waals surface area contributed by atoms with Gasteiger partial charge >= 0.3 is 0 Å². The molecule has 3 heteroatoms. The van der Waals surface area contributed by atoms with Gasteiger partial charge in [-0.15, -0.1) is 0 Å². The lowest BCUT2D eigenvalue weighted by Crippen LogP contribution is -2.32. The molecule has 0 spiro atoms. The Kier molecular flexibility index (Phi) is 5.83. The SMILES string of the molecule is CCCCCN(c1cc(Br)ccc1N)C(C)C. The van der Waals surface area contributed by atoms with Gasteiger partial charge in [0.05, 0.1) is 11.4 Å². The van der Waals surface area contributed by atoms with Gasteiger partial charge in [-0.1, -0.05) is 35.7 Å². The van der Waals surface area contributed by atoms with Crippen molar-refractivity contribution < 1.29 is 0 Å². The summed E-state index contributed by atoms with van der Waals surface area (Å²) in [6, 6.07) is 6.54. The number of halogens is 1. The second-order valence-corrected chi connectivity index (χ2v) is 5.61. The monoisotopic (exact) mass is 298 g/mol. The summed E-state index contributed by atoms with van der Waals surface area (Å²) in [5.41, 5.74) is 8.07. The second-order valence-electron chi connectivity index (χ2n) is 4.70. The van der Waals surface area contributed by atoms with E-state index in [0.29, 0.717) is 6.04 Å². The molecule has 0 aromatic heterocycles. The van der Waals surface area contributed by atoms with Crippen LogP contribution in [-0.2, 0) is 0 Å². The molecule has 96 valence electrons. The number of nitrogen functional groups attached to an aromatic ring is 1. The number of nitrogens with two attached hydrogens (primary N) is 1. The first-order chi connectivity index (χ1) is 8.06. The van der Waals surface area contributed by atoms with Crippen molar-refractivity contribution in [2.24, 2.45) is 0 Å². The highest BCUT2D eigenvalue weighted by molar-refractivity contribution is 9.10. The number of unbranched alkanes of at least 4 members (excludes halogenated alkanes) is 2. The molecule has 0 amide bonds. The van der Waals surface area contributed by atoms with E-state index in [-0.39, 0.29) is 0 Å². The fourth-order valence-corrected chi connectivity index (χ4v) is 2.30. The maximum atomic E-state index is 6.07. The Morgan fingerprint density at radius 2 is 2.00 bits per heavy atom. The zero-order valence-electron chi connectivity index (χ0n) is 11.0. The van der Waals surface area contributed by atoms with Gasteiger partial charge in [0.1, 0.15) is 0 Å². The van der Waals surface area contributed by atoms with Crippen LogP contribution in [0.1, 0.15) is 40.0 Å². The lowest BCUT2D eigenvalue weighted by Gasteiger charge is -2.30. The lowest BCUT2D eigenvalue weighted by molar-refractivity contribution is 0.626. The Balaban J connectivity index is 2.85. The number of anilines is 2. The Morgan fingerprint density at radius 3 is 2.59 bits per heavy atom. The molecule has 0 aliphatic rings. The van der Waals surface area contributed by atoms with Crippen LogP contribution >= 0.6 is 15.9 Å². The average Bonchev–Trinajstić information content (AvgIpc) is 2.28. The van der Waals surface area contributed by atoms with Crippen LogP contribution in [0.2, 0.25) is 0 Å². The van der Waals surface area contributed by atoms with E-state index in [1.165, 1.54) is 19.3 Å². The maximum absolute atomic E-state index is 6.07. The zero-order valence-corrected chi connectivity index (χ0v) is 12.6. The molecule has 0 atom stereocenters. The summed E-state index contributed by atoms with van der Waals surface area (Å²) in [5.74, 6) is 0. The normalized spacial score (nSPS) is 10.9. The number of rotatable bonds is 6. The van der Waals surface area contributed by atoms with Crippen molar-refractivity contribution in [3.8, 4) is 0 Å². The summed E-state index contributed by atoms with van der Waals surface area (Å²) in [7, 11) is 0.